The van der Waals surface area contributed by atoms with E-state index >= 15 is 0 Å². The summed E-state index contributed by atoms with van der Waals surface area (Å²) in [7, 11) is 1.54. The lowest BCUT2D eigenvalue weighted by Crippen LogP contribution is -2.37. The van der Waals surface area contributed by atoms with Crippen LogP contribution in [0, 0.1) is 0 Å². The number of benzene rings is 1. The van der Waals surface area contributed by atoms with Gasteiger partial charge in [-0.15, -0.1) is 0 Å². The van der Waals surface area contributed by atoms with E-state index in [9.17, 15) is 9.59 Å². The average molecular weight is 271 g/mol. The fourth-order valence-electron chi connectivity index (χ4n) is 1.12. The molecule has 2 N–H and O–H groups in total. The minimum atomic E-state index is -0.936. The number of rotatable bonds is 2. The Kier molecular flexibility index (Phi) is 3.85. The van der Waals surface area contributed by atoms with E-state index in [1.165, 1.54) is 11.9 Å². The molecule has 80 valence electrons. The van der Waals surface area contributed by atoms with Crippen molar-refractivity contribution in [2.45, 2.75) is 6.54 Å². The topological polar surface area (TPSA) is 63.4 Å². The van der Waals surface area contributed by atoms with Gasteiger partial charge in [-0.3, -0.25) is 9.59 Å². The van der Waals surface area contributed by atoms with Crippen molar-refractivity contribution in [2.24, 2.45) is 5.73 Å². The van der Waals surface area contributed by atoms with Crippen LogP contribution in [0.5, 0.6) is 0 Å². The Morgan fingerprint density at radius 1 is 1.33 bits per heavy atom. The van der Waals surface area contributed by atoms with Crippen LogP contribution in [0.25, 0.3) is 0 Å². The average Bonchev–Trinajstić information content (AvgIpc) is 2.20. The van der Waals surface area contributed by atoms with Gasteiger partial charge in [0.25, 0.3) is 0 Å². The Morgan fingerprint density at radius 2 is 1.87 bits per heavy atom. The van der Waals surface area contributed by atoms with Crippen LogP contribution < -0.4 is 5.73 Å². The maximum Gasteiger partial charge on any atom is 0.311 e. The summed E-state index contributed by atoms with van der Waals surface area (Å²) < 4.78 is 0.968. The fraction of sp³-hybridized carbons (Fsp3) is 0.200. The quantitative estimate of drug-likeness (QED) is 0.812. The molecule has 0 bridgehead atoms. The predicted octanol–water partition coefficient (Wildman–Crippen LogP) is 0.893. The van der Waals surface area contributed by atoms with Gasteiger partial charge >= 0.3 is 11.8 Å². The first kappa shape index (κ1) is 11.7. The number of amides is 2. The molecule has 1 aromatic carbocycles. The predicted molar refractivity (Wildman–Crippen MR) is 59.8 cm³/mol. The smallest absolute Gasteiger partial charge is 0.311 e. The summed E-state index contributed by atoms with van der Waals surface area (Å²) >= 11 is 3.31. The number of nitrogens with two attached hydrogens (primary N) is 1. The number of halogens is 1. The second-order valence-corrected chi connectivity index (χ2v) is 4.07. The third-order valence-corrected chi connectivity index (χ3v) is 2.42. The van der Waals surface area contributed by atoms with E-state index in [1.807, 2.05) is 24.3 Å². The molecular weight excluding hydrogens is 260 g/mol. The lowest BCUT2D eigenvalue weighted by Gasteiger charge is -2.14. The lowest BCUT2D eigenvalue weighted by atomic mass is 10.2. The zero-order chi connectivity index (χ0) is 11.4. The van der Waals surface area contributed by atoms with Crippen LogP contribution in [-0.4, -0.2) is 23.8 Å². The van der Waals surface area contributed by atoms with Gasteiger partial charge in [0, 0.05) is 18.1 Å². The molecular formula is C10H11BrN2O2. The molecule has 5 heteroatoms. The molecule has 0 aliphatic heterocycles. The summed E-state index contributed by atoms with van der Waals surface area (Å²) in [5.41, 5.74) is 5.82. The molecule has 0 heterocycles. The monoisotopic (exact) mass is 270 g/mol. The van der Waals surface area contributed by atoms with Gasteiger partial charge in [-0.05, 0) is 17.7 Å². The number of likely N-dealkylation sites (N-methyl/N-ethyl adjacent to an activating group) is 1. The van der Waals surface area contributed by atoms with E-state index in [1.54, 1.807) is 0 Å². The second-order valence-electron chi connectivity index (χ2n) is 3.15. The largest absolute Gasteiger partial charge is 0.361 e. The highest BCUT2D eigenvalue weighted by molar-refractivity contribution is 9.10. The number of carbonyl (C=O) groups is 2. The first-order valence-corrected chi connectivity index (χ1v) is 5.09. The third-order valence-electron chi connectivity index (χ3n) is 1.89. The molecule has 0 aromatic heterocycles. The Morgan fingerprint density at radius 3 is 2.33 bits per heavy atom. The molecule has 0 saturated carbocycles. The minimum absolute atomic E-state index is 0.370. The number of carbonyl (C=O) groups excluding carboxylic acids is 2. The molecule has 4 nitrogen and oxygen atoms in total. The highest BCUT2D eigenvalue weighted by atomic mass is 79.9. The van der Waals surface area contributed by atoms with Crippen LogP contribution >= 0.6 is 15.9 Å². The Bertz CT molecular complexity index is 376. The van der Waals surface area contributed by atoms with Crippen LogP contribution in [0.1, 0.15) is 5.56 Å². The van der Waals surface area contributed by atoms with E-state index in [0.717, 1.165) is 10.0 Å². The lowest BCUT2D eigenvalue weighted by molar-refractivity contribution is -0.143. The first-order chi connectivity index (χ1) is 7.00. The Hall–Kier alpha value is -1.36. The van der Waals surface area contributed by atoms with Gasteiger partial charge in [0.1, 0.15) is 0 Å². The summed E-state index contributed by atoms with van der Waals surface area (Å²) in [4.78, 5) is 23.0. The summed E-state index contributed by atoms with van der Waals surface area (Å²) in [5.74, 6) is -1.62. The molecule has 1 aromatic rings. The van der Waals surface area contributed by atoms with Crippen molar-refractivity contribution in [3.63, 3.8) is 0 Å². The number of hydrogen-bond donors (Lipinski definition) is 1. The summed E-state index contributed by atoms with van der Waals surface area (Å²) in [5, 5.41) is 0. The molecule has 15 heavy (non-hydrogen) atoms. The maximum atomic E-state index is 11.2. The van der Waals surface area contributed by atoms with Crippen LogP contribution in [0.15, 0.2) is 28.7 Å². The maximum absolute atomic E-state index is 11.2. The minimum Gasteiger partial charge on any atom is -0.361 e. The number of hydrogen-bond acceptors (Lipinski definition) is 2. The van der Waals surface area contributed by atoms with Gasteiger partial charge in [-0.25, -0.2) is 0 Å². The van der Waals surface area contributed by atoms with Crippen molar-refractivity contribution >= 4 is 27.7 Å². The van der Waals surface area contributed by atoms with Crippen molar-refractivity contribution in [2.75, 3.05) is 7.05 Å². The fourth-order valence-corrected chi connectivity index (χ4v) is 1.39. The van der Waals surface area contributed by atoms with E-state index in [-0.39, 0.29) is 0 Å². The zero-order valence-electron chi connectivity index (χ0n) is 8.24. The van der Waals surface area contributed by atoms with E-state index in [4.69, 9.17) is 5.73 Å². The molecule has 2 amide bonds. The van der Waals surface area contributed by atoms with Crippen LogP contribution in [-0.2, 0) is 16.1 Å². The standard InChI is InChI=1S/C10H11BrN2O2/c1-13(10(15)9(12)14)6-7-2-4-8(11)5-3-7/h2-5H,6H2,1H3,(H2,12,14). The molecule has 0 aliphatic rings. The second kappa shape index (κ2) is 4.93. The third kappa shape index (κ3) is 3.36. The normalized spacial score (nSPS) is 9.73. The number of nitrogens with zero attached hydrogens (tertiary/aromatic N) is 1. The highest BCUT2D eigenvalue weighted by Gasteiger charge is 2.14. The van der Waals surface area contributed by atoms with Crippen molar-refractivity contribution in [3.8, 4) is 0 Å². The molecule has 0 unspecified atom stereocenters. The van der Waals surface area contributed by atoms with Gasteiger partial charge in [0.2, 0.25) is 0 Å². The molecule has 0 fully saturated rings. The SMILES string of the molecule is CN(Cc1ccc(Br)cc1)C(=O)C(N)=O. The van der Waals surface area contributed by atoms with Crippen LogP contribution in [0.4, 0.5) is 0 Å². The Balaban J connectivity index is 2.66. The van der Waals surface area contributed by atoms with Gasteiger partial charge in [0.15, 0.2) is 0 Å². The van der Waals surface area contributed by atoms with E-state index in [2.05, 4.69) is 15.9 Å². The van der Waals surface area contributed by atoms with Gasteiger partial charge < -0.3 is 10.6 Å². The molecule has 0 saturated heterocycles. The summed E-state index contributed by atoms with van der Waals surface area (Å²) in [6.07, 6.45) is 0. The van der Waals surface area contributed by atoms with Crippen molar-refractivity contribution in [1.82, 2.24) is 4.90 Å². The van der Waals surface area contributed by atoms with Crippen molar-refractivity contribution in [1.29, 1.82) is 0 Å². The molecule has 1 rings (SSSR count). The van der Waals surface area contributed by atoms with Crippen molar-refractivity contribution in [3.05, 3.63) is 34.3 Å². The molecule has 0 atom stereocenters. The van der Waals surface area contributed by atoms with Crippen LogP contribution in [0.2, 0.25) is 0 Å². The molecule has 0 radical (unpaired) electrons. The van der Waals surface area contributed by atoms with Crippen LogP contribution in [0.3, 0.4) is 0 Å². The molecule has 0 aliphatic carbocycles. The zero-order valence-corrected chi connectivity index (χ0v) is 9.82. The van der Waals surface area contributed by atoms with Gasteiger partial charge in [-0.2, -0.15) is 0 Å². The number of primary amides is 1. The molecule has 0 spiro atoms. The van der Waals surface area contributed by atoms with Crippen molar-refractivity contribution < 1.29 is 9.59 Å². The Labute approximate surface area is 96.2 Å². The highest BCUT2D eigenvalue weighted by Crippen LogP contribution is 2.11. The summed E-state index contributed by atoms with van der Waals surface area (Å²) in [6, 6.07) is 7.49. The summed E-state index contributed by atoms with van der Waals surface area (Å²) in [6.45, 7) is 0.370. The van der Waals surface area contributed by atoms with E-state index in [0.29, 0.717) is 6.54 Å². The first-order valence-electron chi connectivity index (χ1n) is 4.30. The van der Waals surface area contributed by atoms with Gasteiger partial charge in [0.05, 0.1) is 0 Å². The van der Waals surface area contributed by atoms with E-state index < -0.39 is 11.8 Å². The van der Waals surface area contributed by atoms with Gasteiger partial charge in [-0.1, -0.05) is 28.1 Å².